The Morgan fingerprint density at radius 2 is 1.84 bits per heavy atom. The zero-order valence-corrected chi connectivity index (χ0v) is 19.7. The maximum atomic E-state index is 13.8. The van der Waals surface area contributed by atoms with Crippen LogP contribution in [-0.2, 0) is 26.0 Å². The van der Waals surface area contributed by atoms with Gasteiger partial charge in [-0.2, -0.15) is 4.31 Å². The Morgan fingerprint density at radius 3 is 2.48 bits per heavy atom. The number of nitrogens with one attached hydrogen (secondary N) is 2. The lowest BCUT2D eigenvalue weighted by atomic mass is 10.1. The number of hydrogen-bond acceptors (Lipinski definition) is 5. The van der Waals surface area contributed by atoms with Crippen LogP contribution < -0.4 is 10.6 Å². The van der Waals surface area contributed by atoms with E-state index < -0.39 is 15.8 Å². The highest BCUT2D eigenvalue weighted by Crippen LogP contribution is 2.20. The van der Waals surface area contributed by atoms with Crippen LogP contribution in [-0.4, -0.2) is 50.0 Å². The van der Waals surface area contributed by atoms with E-state index in [0.29, 0.717) is 37.2 Å². The molecule has 166 valence electrons. The monoisotopic (exact) mass is 529 g/mol. The lowest BCUT2D eigenvalue weighted by molar-refractivity contribution is -0.119. The van der Waals surface area contributed by atoms with Crippen molar-refractivity contribution in [1.29, 1.82) is 0 Å². The Labute approximate surface area is 194 Å². The van der Waals surface area contributed by atoms with Gasteiger partial charge in [0.1, 0.15) is 5.82 Å². The maximum absolute atomic E-state index is 13.8. The first kappa shape index (κ1) is 23.7. The predicted molar refractivity (Wildman–Crippen MR) is 123 cm³/mol. The highest BCUT2D eigenvalue weighted by Gasteiger charge is 2.26. The molecule has 0 unspecified atom stereocenters. The quantitative estimate of drug-likeness (QED) is 0.559. The van der Waals surface area contributed by atoms with E-state index in [0.717, 1.165) is 5.56 Å². The Bertz CT molecular complexity index is 1060. The molecular weight excluding hydrogens is 509 g/mol. The van der Waals surface area contributed by atoms with Crippen molar-refractivity contribution in [1.82, 2.24) is 9.62 Å². The van der Waals surface area contributed by atoms with Gasteiger partial charge in [0.05, 0.1) is 23.8 Å². The molecule has 2 aromatic rings. The van der Waals surface area contributed by atoms with E-state index in [9.17, 15) is 17.6 Å². The Kier molecular flexibility index (Phi) is 8.11. The number of hydrogen-bond donors (Lipinski definition) is 2. The van der Waals surface area contributed by atoms with Gasteiger partial charge in [-0.3, -0.25) is 4.79 Å². The second kappa shape index (κ2) is 10.6. The van der Waals surface area contributed by atoms with Crippen molar-refractivity contribution >= 4 is 54.9 Å². The van der Waals surface area contributed by atoms with Crippen LogP contribution in [0.1, 0.15) is 12.0 Å². The molecule has 1 aliphatic rings. The molecule has 11 heteroatoms. The highest BCUT2D eigenvalue weighted by molar-refractivity contribution is 9.10. The van der Waals surface area contributed by atoms with E-state index in [1.54, 1.807) is 30.3 Å². The summed E-state index contributed by atoms with van der Waals surface area (Å²) in [4.78, 5) is 12.3. The molecule has 1 amide bonds. The number of morpholine rings is 1. The van der Waals surface area contributed by atoms with Crippen LogP contribution >= 0.6 is 28.1 Å². The smallest absolute Gasteiger partial charge is 0.243 e. The van der Waals surface area contributed by atoms with Gasteiger partial charge >= 0.3 is 0 Å². The molecule has 0 radical (unpaired) electrons. The van der Waals surface area contributed by atoms with E-state index in [4.69, 9.17) is 17.0 Å². The van der Waals surface area contributed by atoms with Crippen LogP contribution in [0.3, 0.4) is 0 Å². The van der Waals surface area contributed by atoms with Crippen LogP contribution in [0.15, 0.2) is 51.8 Å². The SMILES string of the molecule is O=C(CCc1ccc(S(=O)(=O)N2CCOCC2)cc1)NC(=S)Nc1ccc(Br)cc1F. The number of ether oxygens (including phenoxy) is 1. The maximum Gasteiger partial charge on any atom is 0.243 e. The summed E-state index contributed by atoms with van der Waals surface area (Å²) >= 11 is 8.22. The predicted octanol–water partition coefficient (Wildman–Crippen LogP) is 3.05. The molecule has 0 saturated carbocycles. The fourth-order valence-electron chi connectivity index (χ4n) is 2.96. The minimum atomic E-state index is -3.55. The molecule has 0 bridgehead atoms. The van der Waals surface area contributed by atoms with Crippen LogP contribution in [0, 0.1) is 5.82 Å². The summed E-state index contributed by atoms with van der Waals surface area (Å²) in [5, 5.41) is 5.15. The summed E-state index contributed by atoms with van der Waals surface area (Å²) in [5.74, 6) is -0.835. The van der Waals surface area contributed by atoms with Crippen LogP contribution in [0.4, 0.5) is 10.1 Å². The van der Waals surface area contributed by atoms with Crippen molar-refractivity contribution < 1.29 is 22.3 Å². The molecule has 31 heavy (non-hydrogen) atoms. The normalized spacial score (nSPS) is 14.8. The van der Waals surface area contributed by atoms with E-state index >= 15 is 0 Å². The highest BCUT2D eigenvalue weighted by atomic mass is 79.9. The fraction of sp³-hybridized carbons (Fsp3) is 0.300. The van der Waals surface area contributed by atoms with Crippen LogP contribution in [0.25, 0.3) is 0 Å². The summed E-state index contributed by atoms with van der Waals surface area (Å²) < 4.78 is 46.3. The lowest BCUT2D eigenvalue weighted by Crippen LogP contribution is -2.40. The van der Waals surface area contributed by atoms with Gasteiger partial charge < -0.3 is 15.4 Å². The third-order valence-electron chi connectivity index (χ3n) is 4.60. The third kappa shape index (κ3) is 6.53. The molecule has 1 saturated heterocycles. The molecule has 1 heterocycles. The van der Waals surface area contributed by atoms with Crippen molar-refractivity contribution in [3.8, 4) is 0 Å². The number of halogens is 2. The Morgan fingerprint density at radius 1 is 1.16 bits per heavy atom. The Balaban J connectivity index is 1.50. The number of rotatable bonds is 6. The molecule has 0 aromatic heterocycles. The summed E-state index contributed by atoms with van der Waals surface area (Å²) in [6.45, 7) is 1.44. The molecule has 0 spiro atoms. The van der Waals surface area contributed by atoms with Gasteiger partial charge in [-0.15, -0.1) is 0 Å². The first-order valence-corrected chi connectivity index (χ1v) is 12.1. The topological polar surface area (TPSA) is 87.7 Å². The first-order chi connectivity index (χ1) is 14.8. The van der Waals surface area contributed by atoms with E-state index in [1.807, 2.05) is 0 Å². The minimum absolute atomic E-state index is 0.00169. The van der Waals surface area contributed by atoms with Gasteiger partial charge in [0, 0.05) is 24.0 Å². The van der Waals surface area contributed by atoms with Crippen LogP contribution in [0.5, 0.6) is 0 Å². The summed E-state index contributed by atoms with van der Waals surface area (Å²) in [6.07, 6.45) is 0.541. The van der Waals surface area contributed by atoms with Crippen molar-refractivity contribution in [2.24, 2.45) is 0 Å². The number of nitrogens with zero attached hydrogens (tertiary/aromatic N) is 1. The number of carbonyl (C=O) groups excluding carboxylic acids is 1. The molecule has 2 N–H and O–H groups in total. The van der Waals surface area contributed by atoms with Crippen molar-refractivity contribution in [3.05, 3.63) is 58.3 Å². The van der Waals surface area contributed by atoms with Crippen molar-refractivity contribution in [3.63, 3.8) is 0 Å². The number of aryl methyl sites for hydroxylation is 1. The second-order valence-electron chi connectivity index (χ2n) is 6.79. The van der Waals surface area contributed by atoms with Gasteiger partial charge in [0.25, 0.3) is 0 Å². The molecule has 2 aromatic carbocycles. The molecule has 7 nitrogen and oxygen atoms in total. The van der Waals surface area contributed by atoms with E-state index in [1.165, 1.54) is 16.4 Å². The van der Waals surface area contributed by atoms with Crippen molar-refractivity contribution in [2.45, 2.75) is 17.7 Å². The standard InChI is InChI=1S/C20H21BrFN3O4S2/c21-15-4-7-18(17(22)13-15)23-20(30)24-19(26)8-3-14-1-5-16(6-2-14)31(27,28)25-9-11-29-12-10-25/h1-2,4-7,13H,3,8-12H2,(H2,23,24,26,30). The number of anilines is 1. The summed E-state index contributed by atoms with van der Waals surface area (Å²) in [7, 11) is -3.55. The molecule has 1 fully saturated rings. The number of thiocarbonyl (C=S) groups is 1. The first-order valence-electron chi connectivity index (χ1n) is 9.48. The Hall–Kier alpha value is -1.92. The number of benzene rings is 2. The number of sulfonamides is 1. The largest absolute Gasteiger partial charge is 0.379 e. The zero-order chi connectivity index (χ0) is 22.4. The molecule has 0 aliphatic carbocycles. The van der Waals surface area contributed by atoms with Gasteiger partial charge in [-0.25, -0.2) is 12.8 Å². The summed E-state index contributed by atoms with van der Waals surface area (Å²) in [6, 6.07) is 10.9. The molecular formula is C20H21BrFN3O4S2. The van der Waals surface area contributed by atoms with E-state index in [-0.39, 0.29) is 28.0 Å². The van der Waals surface area contributed by atoms with Gasteiger partial charge in [0.2, 0.25) is 15.9 Å². The average molecular weight is 530 g/mol. The van der Waals surface area contributed by atoms with Gasteiger partial charge in [-0.05, 0) is 54.5 Å². The summed E-state index contributed by atoms with van der Waals surface area (Å²) in [5.41, 5.74) is 0.972. The number of carbonyl (C=O) groups is 1. The van der Waals surface area contributed by atoms with Crippen molar-refractivity contribution in [2.75, 3.05) is 31.6 Å². The van der Waals surface area contributed by atoms with Crippen LogP contribution in [0.2, 0.25) is 0 Å². The molecule has 3 rings (SSSR count). The third-order valence-corrected chi connectivity index (χ3v) is 7.21. The number of amides is 1. The lowest BCUT2D eigenvalue weighted by Gasteiger charge is -2.26. The molecule has 0 atom stereocenters. The minimum Gasteiger partial charge on any atom is -0.379 e. The fourth-order valence-corrected chi connectivity index (χ4v) is 4.92. The second-order valence-corrected chi connectivity index (χ2v) is 10.0. The van der Waals surface area contributed by atoms with Gasteiger partial charge in [-0.1, -0.05) is 28.1 Å². The average Bonchev–Trinajstić information content (AvgIpc) is 2.75. The van der Waals surface area contributed by atoms with Gasteiger partial charge in [0.15, 0.2) is 5.11 Å². The zero-order valence-electron chi connectivity index (χ0n) is 16.4. The van der Waals surface area contributed by atoms with E-state index in [2.05, 4.69) is 26.6 Å². The molecule has 1 aliphatic heterocycles.